The number of amides is 2. The fourth-order valence-electron chi connectivity index (χ4n) is 5.81. The number of nitrogens with one attached hydrogen (secondary N) is 1. The molecule has 2 saturated heterocycles. The van der Waals surface area contributed by atoms with Crippen molar-refractivity contribution in [1.82, 2.24) is 34.5 Å². The van der Waals surface area contributed by atoms with Gasteiger partial charge in [0.1, 0.15) is 5.82 Å². The average molecular weight is 776 g/mol. The Hall–Kier alpha value is -3.37. The van der Waals surface area contributed by atoms with Crippen LogP contribution in [-0.2, 0) is 16.1 Å². The van der Waals surface area contributed by atoms with E-state index in [-0.39, 0.29) is 63.7 Å². The molecule has 3 aromatic heterocycles. The molecule has 5 heterocycles. The zero-order chi connectivity index (χ0) is 31.5. The number of Topliss-reactive ketones (excluding diaryl/α,β-unsaturated/α-hetero) is 1. The minimum atomic E-state index is -0.694. The molecule has 3 atom stereocenters. The summed E-state index contributed by atoms with van der Waals surface area (Å²) in [7, 11) is 3.99. The molecule has 0 spiro atoms. The summed E-state index contributed by atoms with van der Waals surface area (Å²) in [5.41, 5.74) is 1.75. The Labute approximate surface area is 272 Å². The first-order chi connectivity index (χ1) is 20.9. The third kappa shape index (κ3) is 5.51. The number of carbonyl (C=O) groups excluding carboxylic acids is 3. The molecule has 0 aliphatic carbocycles. The van der Waals surface area contributed by atoms with Crippen LogP contribution in [0.2, 0.25) is 0 Å². The van der Waals surface area contributed by atoms with Crippen molar-refractivity contribution in [2.45, 2.75) is 47.2 Å². The first-order valence-corrected chi connectivity index (χ1v) is 17.0. The Kier molecular flexibility index (Phi) is 8.03. The Morgan fingerprint density at radius 3 is 2.57 bits per heavy atom. The predicted octanol–water partition coefficient (Wildman–Crippen LogP) is 0.578. The standard InChI is InChI=1S/C30H30BrFIN8O3/c1-15-6-9-22(31)36-27(15)37-28(44)21-10-30(14-39(4)5)29(33-30)41(21)23(43)13-40-20-8-7-19(18-11-34-17(3)35-12-18)25(32)24(20)26(38-40)16(2)42/h6-9,11-12,21,29H,10,13-14H2,1-5H3,(H,36,37,44)/q-1/t21-,29-,30-/m0/s1. The minimum absolute atomic E-state index is 0.0116. The number of nitrogens with zero attached hydrogens (tertiary/aromatic N) is 7. The third-order valence-electron chi connectivity index (χ3n) is 7.85. The van der Waals surface area contributed by atoms with Crippen LogP contribution in [-0.4, -0.2) is 86.3 Å². The SMILES string of the molecule is CC(=O)c1nn(CC(=O)N2[C@H](C(=O)Nc3nc(Br)ccc3C)C[C@@]3(CN(C)C)[I-][C@@H]23)c2ccc(-c3cnc(C)nc3)c(F)c12. The Morgan fingerprint density at radius 2 is 1.89 bits per heavy atom. The summed E-state index contributed by atoms with van der Waals surface area (Å²) in [4.78, 5) is 56.9. The first kappa shape index (κ1) is 30.6. The topological polar surface area (TPSA) is 126 Å². The molecule has 2 amide bonds. The number of aryl methyl sites for hydroxylation is 2. The number of hydrogen-bond acceptors (Lipinski definition) is 8. The van der Waals surface area contributed by atoms with Crippen LogP contribution in [0.3, 0.4) is 0 Å². The van der Waals surface area contributed by atoms with Crippen molar-refractivity contribution in [1.29, 1.82) is 0 Å². The van der Waals surface area contributed by atoms with Crippen molar-refractivity contribution in [3.8, 4) is 11.1 Å². The van der Waals surface area contributed by atoms with Gasteiger partial charge in [-0.3, -0.25) is 0 Å². The van der Waals surface area contributed by atoms with Gasteiger partial charge in [0, 0.05) is 0 Å². The molecule has 2 aliphatic rings. The first-order valence-electron chi connectivity index (χ1n) is 13.9. The Morgan fingerprint density at radius 1 is 1.16 bits per heavy atom. The Bertz CT molecular complexity index is 1830. The summed E-state index contributed by atoms with van der Waals surface area (Å²) >= 11 is 2.99. The second-order valence-electron chi connectivity index (χ2n) is 11.4. The molecule has 14 heteroatoms. The molecule has 6 rings (SSSR count). The summed E-state index contributed by atoms with van der Waals surface area (Å²) in [6, 6.07) is 6.18. The van der Waals surface area contributed by atoms with Crippen LogP contribution in [0.15, 0.2) is 41.3 Å². The van der Waals surface area contributed by atoms with Crippen LogP contribution in [0, 0.1) is 19.7 Å². The second-order valence-corrected chi connectivity index (χ2v) is 16.2. The van der Waals surface area contributed by atoms with Crippen molar-refractivity contribution in [3.05, 3.63) is 64.2 Å². The zero-order valence-corrected chi connectivity index (χ0v) is 28.5. The number of likely N-dealkylation sites (tertiary alicyclic amines) is 1. The van der Waals surface area contributed by atoms with Crippen LogP contribution in [0.5, 0.6) is 0 Å². The van der Waals surface area contributed by atoms with E-state index < -0.39 is 17.6 Å². The number of ketones is 1. The van der Waals surface area contributed by atoms with Gasteiger partial charge in [0.25, 0.3) is 0 Å². The molecule has 0 bridgehead atoms. The molecular weight excluding hydrogens is 746 g/mol. The summed E-state index contributed by atoms with van der Waals surface area (Å²) in [6.07, 6.45) is 3.61. The van der Waals surface area contributed by atoms with E-state index in [9.17, 15) is 14.4 Å². The summed E-state index contributed by atoms with van der Waals surface area (Å²) < 4.78 is 17.8. The number of aromatic nitrogens is 5. The van der Waals surface area contributed by atoms with Crippen molar-refractivity contribution in [2.24, 2.45) is 0 Å². The molecule has 0 saturated carbocycles. The number of pyridine rings is 1. The molecule has 0 radical (unpaired) electrons. The number of halogens is 3. The van der Waals surface area contributed by atoms with Gasteiger partial charge in [-0.1, -0.05) is 0 Å². The van der Waals surface area contributed by atoms with E-state index in [1.807, 2.05) is 27.1 Å². The van der Waals surface area contributed by atoms with E-state index >= 15 is 4.39 Å². The molecule has 1 N–H and O–H groups in total. The quantitative estimate of drug-likeness (QED) is 0.0907. The molecule has 2 fully saturated rings. The van der Waals surface area contributed by atoms with Crippen LogP contribution in [0.4, 0.5) is 10.2 Å². The van der Waals surface area contributed by atoms with Gasteiger partial charge in [0.15, 0.2) is 0 Å². The zero-order valence-electron chi connectivity index (χ0n) is 24.7. The van der Waals surface area contributed by atoms with Gasteiger partial charge >= 0.3 is 261 Å². The summed E-state index contributed by atoms with van der Waals surface area (Å²) in [5, 5.41) is 7.38. The number of alkyl halides is 2. The maximum atomic E-state index is 16.0. The molecule has 0 unspecified atom stereocenters. The molecule has 11 nitrogen and oxygen atoms in total. The normalized spacial score (nSPS) is 20.9. The number of carbonyl (C=O) groups is 3. The molecular formula is C30H30BrFIN8O3-. The van der Waals surface area contributed by atoms with Crippen molar-refractivity contribution >= 4 is 50.2 Å². The van der Waals surface area contributed by atoms with E-state index in [1.165, 1.54) is 24.0 Å². The fraction of sp³-hybridized carbons (Fsp3) is 0.367. The van der Waals surface area contributed by atoms with E-state index in [1.54, 1.807) is 30.0 Å². The van der Waals surface area contributed by atoms with Gasteiger partial charge in [-0.15, -0.1) is 0 Å². The predicted molar refractivity (Wildman–Crippen MR) is 161 cm³/mol. The summed E-state index contributed by atoms with van der Waals surface area (Å²) in [6.45, 7) is 5.45. The average Bonchev–Trinajstić information content (AvgIpc) is 3.34. The van der Waals surface area contributed by atoms with Crippen LogP contribution < -0.4 is 26.5 Å². The fourth-order valence-corrected chi connectivity index (χ4v) is 10.4. The number of benzene rings is 1. The van der Waals surface area contributed by atoms with Gasteiger partial charge in [-0.25, -0.2) is 0 Å². The van der Waals surface area contributed by atoms with E-state index in [0.717, 1.165) is 12.1 Å². The van der Waals surface area contributed by atoms with Gasteiger partial charge in [-0.2, -0.15) is 0 Å². The van der Waals surface area contributed by atoms with Gasteiger partial charge in [0.05, 0.1) is 0 Å². The third-order valence-corrected chi connectivity index (χ3v) is 12.6. The number of anilines is 1. The van der Waals surface area contributed by atoms with Crippen LogP contribution in [0.25, 0.3) is 22.0 Å². The molecule has 44 heavy (non-hydrogen) atoms. The molecule has 2 aliphatic heterocycles. The van der Waals surface area contributed by atoms with E-state index in [4.69, 9.17) is 0 Å². The number of fused-ring (bicyclic) bond motifs is 2. The Balaban J connectivity index is 1.33. The molecule has 4 aromatic rings. The van der Waals surface area contributed by atoms with Crippen LogP contribution in [0.1, 0.15) is 35.2 Å². The summed E-state index contributed by atoms with van der Waals surface area (Å²) in [5.74, 6) is -0.674. The van der Waals surface area contributed by atoms with Gasteiger partial charge in [-0.05, 0) is 6.92 Å². The number of rotatable bonds is 8. The monoisotopic (exact) mass is 775 g/mol. The molecule has 1 aromatic carbocycles. The van der Waals surface area contributed by atoms with Crippen molar-refractivity contribution in [2.75, 3.05) is 26.0 Å². The van der Waals surface area contributed by atoms with Crippen molar-refractivity contribution < 1.29 is 40.0 Å². The molecule has 230 valence electrons. The maximum absolute atomic E-state index is 16.0. The van der Waals surface area contributed by atoms with E-state index in [0.29, 0.717) is 33.7 Å². The van der Waals surface area contributed by atoms with Gasteiger partial charge in [0.2, 0.25) is 0 Å². The van der Waals surface area contributed by atoms with E-state index in [2.05, 4.69) is 46.2 Å². The second kappa shape index (κ2) is 11.5. The number of hydrogen-bond donors (Lipinski definition) is 1. The van der Waals surface area contributed by atoms with Gasteiger partial charge < -0.3 is 0 Å². The van der Waals surface area contributed by atoms with Crippen molar-refractivity contribution in [3.63, 3.8) is 0 Å². The van der Waals surface area contributed by atoms with Crippen LogP contribution >= 0.6 is 15.9 Å².